The molecule has 8 heteroatoms. The van der Waals surface area contributed by atoms with E-state index in [1.54, 1.807) is 0 Å². The Balaban J connectivity index is 2.34. The lowest BCUT2D eigenvalue weighted by Crippen LogP contribution is -2.04. The Kier molecular flexibility index (Phi) is 3.26. The van der Waals surface area contributed by atoms with Gasteiger partial charge in [-0.05, 0) is 29.8 Å². The van der Waals surface area contributed by atoms with Gasteiger partial charge in [0.05, 0.1) is 5.69 Å². The molecule has 0 aliphatic rings. The lowest BCUT2D eigenvalue weighted by Gasteiger charge is -2.06. The van der Waals surface area contributed by atoms with E-state index < -0.39 is 5.82 Å². The topological polar surface area (TPSA) is 76.7 Å². The van der Waals surface area contributed by atoms with Gasteiger partial charge in [0.25, 0.3) is 0 Å². The number of halogens is 3. The van der Waals surface area contributed by atoms with Gasteiger partial charge in [-0.15, -0.1) is 0 Å². The summed E-state index contributed by atoms with van der Waals surface area (Å²) in [5, 5.41) is 2.90. The number of aromatic nitrogens is 3. The Morgan fingerprint density at radius 3 is 2.65 bits per heavy atom. The lowest BCUT2D eigenvalue weighted by atomic mass is 10.3. The third kappa shape index (κ3) is 2.92. The van der Waals surface area contributed by atoms with Crippen LogP contribution in [0.2, 0.25) is 10.3 Å². The van der Waals surface area contributed by atoms with Crippen LogP contribution in [0.15, 0.2) is 18.2 Å². The highest BCUT2D eigenvalue weighted by Crippen LogP contribution is 2.22. The van der Waals surface area contributed by atoms with Gasteiger partial charge in [0.2, 0.25) is 17.2 Å². The van der Waals surface area contributed by atoms with Gasteiger partial charge < -0.3 is 11.1 Å². The SMILES string of the molecule is Nc1nc(Cl)nc(Nc2cc(Cl)ccc2F)n1. The number of nitrogens with two attached hydrogens (primary N) is 1. The van der Waals surface area contributed by atoms with E-state index in [2.05, 4.69) is 20.3 Å². The van der Waals surface area contributed by atoms with Crippen LogP contribution in [0.1, 0.15) is 0 Å². The van der Waals surface area contributed by atoms with Crippen LogP contribution >= 0.6 is 23.2 Å². The third-order valence-corrected chi connectivity index (χ3v) is 2.20. The number of nitrogen functional groups attached to an aromatic ring is 1. The fourth-order valence-electron chi connectivity index (χ4n) is 1.14. The largest absolute Gasteiger partial charge is 0.368 e. The van der Waals surface area contributed by atoms with Crippen LogP contribution in [0.25, 0.3) is 0 Å². The molecule has 3 N–H and O–H groups in total. The molecule has 0 amide bonds. The summed E-state index contributed by atoms with van der Waals surface area (Å²) in [5.74, 6) is -0.511. The lowest BCUT2D eigenvalue weighted by molar-refractivity contribution is 0.631. The molecule has 2 rings (SSSR count). The van der Waals surface area contributed by atoms with E-state index in [0.29, 0.717) is 5.02 Å². The molecule has 0 saturated heterocycles. The van der Waals surface area contributed by atoms with Gasteiger partial charge >= 0.3 is 0 Å². The minimum absolute atomic E-state index is 0.0451. The molecule has 0 spiro atoms. The minimum Gasteiger partial charge on any atom is -0.368 e. The Morgan fingerprint density at radius 1 is 1.18 bits per heavy atom. The number of rotatable bonds is 2. The van der Waals surface area contributed by atoms with Crippen molar-refractivity contribution in [1.82, 2.24) is 15.0 Å². The van der Waals surface area contributed by atoms with E-state index in [-0.39, 0.29) is 22.9 Å². The van der Waals surface area contributed by atoms with Crippen LogP contribution < -0.4 is 11.1 Å². The number of benzene rings is 1. The van der Waals surface area contributed by atoms with Crippen LogP contribution in [0.3, 0.4) is 0 Å². The summed E-state index contributed by atoms with van der Waals surface area (Å²) in [5.41, 5.74) is 5.50. The fraction of sp³-hybridized carbons (Fsp3) is 0. The van der Waals surface area contributed by atoms with Crippen molar-refractivity contribution in [2.75, 3.05) is 11.1 Å². The van der Waals surface area contributed by atoms with Crippen LogP contribution in [0, 0.1) is 5.82 Å². The van der Waals surface area contributed by atoms with Gasteiger partial charge in [-0.25, -0.2) is 4.39 Å². The summed E-state index contributed by atoms with van der Waals surface area (Å²) in [6.07, 6.45) is 0. The first-order chi connectivity index (χ1) is 8.04. The molecule has 0 aliphatic heterocycles. The molecule has 0 saturated carbocycles. The van der Waals surface area contributed by atoms with E-state index in [9.17, 15) is 4.39 Å². The summed E-state index contributed by atoms with van der Waals surface area (Å²) < 4.78 is 13.4. The molecular weight excluding hydrogens is 268 g/mol. The number of hydrogen-bond donors (Lipinski definition) is 2. The first-order valence-electron chi connectivity index (χ1n) is 4.44. The molecule has 0 unspecified atom stereocenters. The highest BCUT2D eigenvalue weighted by molar-refractivity contribution is 6.30. The van der Waals surface area contributed by atoms with Crippen LogP contribution in [0.4, 0.5) is 22.0 Å². The number of anilines is 3. The van der Waals surface area contributed by atoms with Crippen molar-refractivity contribution in [2.24, 2.45) is 0 Å². The predicted molar refractivity (Wildman–Crippen MR) is 63.9 cm³/mol. The Bertz CT molecular complexity index is 543. The zero-order valence-corrected chi connectivity index (χ0v) is 9.80. The smallest absolute Gasteiger partial charge is 0.233 e. The van der Waals surface area contributed by atoms with Crippen molar-refractivity contribution in [3.05, 3.63) is 34.3 Å². The molecule has 0 aliphatic carbocycles. The molecule has 1 heterocycles. The quantitative estimate of drug-likeness (QED) is 0.880. The summed E-state index contributed by atoms with van der Waals surface area (Å²) in [4.78, 5) is 11.1. The first-order valence-corrected chi connectivity index (χ1v) is 5.19. The summed E-state index contributed by atoms with van der Waals surface area (Å²) >= 11 is 11.3. The highest BCUT2D eigenvalue weighted by Gasteiger charge is 2.07. The average Bonchev–Trinajstić information content (AvgIpc) is 2.22. The zero-order valence-electron chi connectivity index (χ0n) is 8.28. The maximum absolute atomic E-state index is 13.4. The Hall–Kier alpha value is -1.66. The molecule has 0 fully saturated rings. The summed E-state index contributed by atoms with van der Waals surface area (Å²) in [6.45, 7) is 0. The summed E-state index contributed by atoms with van der Waals surface area (Å²) in [6, 6.07) is 4.04. The minimum atomic E-state index is -0.496. The second kappa shape index (κ2) is 4.68. The van der Waals surface area contributed by atoms with E-state index in [0.717, 1.165) is 0 Å². The monoisotopic (exact) mass is 273 g/mol. The molecule has 1 aromatic carbocycles. The fourth-order valence-corrected chi connectivity index (χ4v) is 1.47. The third-order valence-electron chi connectivity index (χ3n) is 1.80. The predicted octanol–water partition coefficient (Wildman–Crippen LogP) is 2.64. The maximum atomic E-state index is 13.4. The van der Waals surface area contributed by atoms with Gasteiger partial charge in [0, 0.05) is 5.02 Å². The van der Waals surface area contributed by atoms with E-state index in [1.165, 1.54) is 18.2 Å². The van der Waals surface area contributed by atoms with Crippen LogP contribution in [0.5, 0.6) is 0 Å². The molecule has 0 atom stereocenters. The van der Waals surface area contributed by atoms with Crippen LogP contribution in [-0.4, -0.2) is 15.0 Å². The maximum Gasteiger partial charge on any atom is 0.233 e. The second-order valence-corrected chi connectivity index (χ2v) is 3.81. The van der Waals surface area contributed by atoms with E-state index >= 15 is 0 Å². The van der Waals surface area contributed by atoms with Crippen molar-refractivity contribution >= 4 is 40.8 Å². The van der Waals surface area contributed by atoms with E-state index in [1.807, 2.05) is 0 Å². The molecule has 88 valence electrons. The van der Waals surface area contributed by atoms with Gasteiger partial charge in [-0.3, -0.25) is 0 Å². The number of hydrogen-bond acceptors (Lipinski definition) is 5. The standard InChI is InChI=1S/C9H6Cl2FN5/c10-4-1-2-5(12)6(3-4)14-9-16-7(11)15-8(13)17-9/h1-3H,(H3,13,14,15,16,17). The molecule has 0 radical (unpaired) electrons. The second-order valence-electron chi connectivity index (χ2n) is 3.04. The average molecular weight is 274 g/mol. The van der Waals surface area contributed by atoms with Crippen LogP contribution in [-0.2, 0) is 0 Å². The first kappa shape index (κ1) is 11.8. The molecule has 5 nitrogen and oxygen atoms in total. The highest BCUT2D eigenvalue weighted by atomic mass is 35.5. The molecular formula is C9H6Cl2FN5. The van der Waals surface area contributed by atoms with Gasteiger partial charge in [-0.1, -0.05) is 11.6 Å². The van der Waals surface area contributed by atoms with Gasteiger partial charge in [-0.2, -0.15) is 15.0 Å². The number of nitrogens with zero attached hydrogens (tertiary/aromatic N) is 3. The zero-order chi connectivity index (χ0) is 12.4. The van der Waals surface area contributed by atoms with Crippen molar-refractivity contribution in [1.29, 1.82) is 0 Å². The van der Waals surface area contributed by atoms with Crippen molar-refractivity contribution in [3.8, 4) is 0 Å². The number of nitrogens with one attached hydrogen (secondary N) is 1. The normalized spacial score (nSPS) is 10.3. The Labute approximate surface area is 106 Å². The molecule has 1 aromatic heterocycles. The summed E-state index contributed by atoms with van der Waals surface area (Å²) in [7, 11) is 0. The molecule has 17 heavy (non-hydrogen) atoms. The van der Waals surface area contributed by atoms with E-state index in [4.69, 9.17) is 28.9 Å². The van der Waals surface area contributed by atoms with Crippen molar-refractivity contribution in [3.63, 3.8) is 0 Å². The molecule has 0 bridgehead atoms. The van der Waals surface area contributed by atoms with Crippen molar-refractivity contribution in [2.45, 2.75) is 0 Å². The van der Waals surface area contributed by atoms with Gasteiger partial charge in [0.15, 0.2) is 0 Å². The van der Waals surface area contributed by atoms with Gasteiger partial charge in [0.1, 0.15) is 5.82 Å². The van der Waals surface area contributed by atoms with Crippen molar-refractivity contribution < 1.29 is 4.39 Å². The molecule has 2 aromatic rings. The Morgan fingerprint density at radius 2 is 1.94 bits per heavy atom.